The molecule has 1 aliphatic heterocycles. The third-order valence-corrected chi connectivity index (χ3v) is 3.79. The van der Waals surface area contributed by atoms with Crippen LogP contribution >= 0.6 is 0 Å². The average Bonchev–Trinajstić information content (AvgIpc) is 2.47. The molecule has 0 aliphatic carbocycles. The minimum Gasteiger partial charge on any atom is -0.465 e. The number of hydrogen-bond donors (Lipinski definition) is 0. The van der Waals surface area contributed by atoms with Crippen LogP contribution in [0.1, 0.15) is 34.7 Å². The molecule has 1 saturated heterocycles. The summed E-state index contributed by atoms with van der Waals surface area (Å²) in [6, 6.07) is 7.37. The van der Waals surface area contributed by atoms with Crippen molar-refractivity contribution in [1.29, 1.82) is 0 Å². The van der Waals surface area contributed by atoms with Gasteiger partial charge in [-0.25, -0.2) is 13.6 Å². The lowest BCUT2D eigenvalue weighted by Crippen LogP contribution is -2.36. The van der Waals surface area contributed by atoms with E-state index in [1.54, 1.807) is 12.1 Å². The molecular formula is C15H19F2NO2. The van der Waals surface area contributed by atoms with Crippen molar-refractivity contribution in [1.82, 2.24) is 4.90 Å². The van der Waals surface area contributed by atoms with E-state index in [1.165, 1.54) is 7.11 Å². The van der Waals surface area contributed by atoms with Crippen molar-refractivity contribution in [2.24, 2.45) is 0 Å². The molecule has 0 amide bonds. The number of esters is 1. The number of benzene rings is 1. The summed E-state index contributed by atoms with van der Waals surface area (Å²) in [4.78, 5) is 13.2. The summed E-state index contributed by atoms with van der Waals surface area (Å²) in [5.74, 6) is 0.0407. The number of halogens is 2. The molecule has 1 aromatic rings. The average molecular weight is 283 g/mol. The van der Waals surface area contributed by atoms with Gasteiger partial charge in [-0.05, 0) is 49.5 Å². The van der Waals surface area contributed by atoms with Gasteiger partial charge in [0.05, 0.1) is 19.2 Å². The molecule has 0 radical (unpaired) electrons. The van der Waals surface area contributed by atoms with Crippen LogP contribution in [0, 0.1) is 0 Å². The fourth-order valence-corrected chi connectivity index (χ4v) is 2.65. The molecular weight excluding hydrogens is 264 g/mol. The first kappa shape index (κ1) is 14.9. The summed E-state index contributed by atoms with van der Waals surface area (Å²) in [6.45, 7) is 1.27. The standard InChI is InChI=1S/C15H19F2NO2/c1-20-15(19)13-4-2-11(3-5-13)12-6-8-18(9-7-12)10-14(16)17/h2-5,12,14H,6-10H2,1H3. The van der Waals surface area contributed by atoms with E-state index in [-0.39, 0.29) is 12.5 Å². The number of carbonyl (C=O) groups is 1. The molecule has 20 heavy (non-hydrogen) atoms. The second kappa shape index (κ2) is 6.79. The Bertz CT molecular complexity index is 440. The van der Waals surface area contributed by atoms with Gasteiger partial charge in [-0.3, -0.25) is 4.90 Å². The lowest BCUT2D eigenvalue weighted by Gasteiger charge is -2.31. The molecule has 0 N–H and O–H groups in total. The first-order valence-electron chi connectivity index (χ1n) is 6.79. The van der Waals surface area contributed by atoms with Crippen LogP contribution < -0.4 is 0 Å². The SMILES string of the molecule is COC(=O)c1ccc(C2CCN(CC(F)F)CC2)cc1. The Kier molecular flexibility index (Phi) is 5.06. The number of likely N-dealkylation sites (tertiary alicyclic amines) is 1. The van der Waals surface area contributed by atoms with Crippen molar-refractivity contribution < 1.29 is 18.3 Å². The van der Waals surface area contributed by atoms with Gasteiger partial charge in [0.2, 0.25) is 0 Å². The highest BCUT2D eigenvalue weighted by Crippen LogP contribution is 2.28. The summed E-state index contributed by atoms with van der Waals surface area (Å²) in [5, 5.41) is 0. The number of ether oxygens (including phenoxy) is 1. The highest BCUT2D eigenvalue weighted by molar-refractivity contribution is 5.89. The fraction of sp³-hybridized carbons (Fsp3) is 0.533. The molecule has 0 spiro atoms. The van der Waals surface area contributed by atoms with Crippen molar-refractivity contribution in [3.63, 3.8) is 0 Å². The van der Waals surface area contributed by atoms with Crippen molar-refractivity contribution in [3.8, 4) is 0 Å². The van der Waals surface area contributed by atoms with Crippen LogP contribution in [0.25, 0.3) is 0 Å². The Morgan fingerprint density at radius 2 is 1.90 bits per heavy atom. The van der Waals surface area contributed by atoms with E-state index in [0.717, 1.165) is 18.4 Å². The van der Waals surface area contributed by atoms with Gasteiger partial charge in [0.15, 0.2) is 0 Å². The number of carbonyl (C=O) groups excluding carboxylic acids is 1. The predicted molar refractivity (Wildman–Crippen MR) is 72.2 cm³/mol. The lowest BCUT2D eigenvalue weighted by atomic mass is 9.89. The van der Waals surface area contributed by atoms with Gasteiger partial charge in [-0.15, -0.1) is 0 Å². The van der Waals surface area contributed by atoms with E-state index in [0.29, 0.717) is 24.6 Å². The molecule has 0 atom stereocenters. The molecule has 1 fully saturated rings. The molecule has 2 rings (SSSR count). The van der Waals surface area contributed by atoms with Crippen molar-refractivity contribution in [3.05, 3.63) is 35.4 Å². The van der Waals surface area contributed by atoms with Crippen molar-refractivity contribution >= 4 is 5.97 Å². The third kappa shape index (κ3) is 3.76. The number of rotatable bonds is 4. The highest BCUT2D eigenvalue weighted by Gasteiger charge is 2.22. The normalized spacial score (nSPS) is 17.4. The Balaban J connectivity index is 1.92. The van der Waals surface area contributed by atoms with Crippen molar-refractivity contribution in [2.75, 3.05) is 26.7 Å². The van der Waals surface area contributed by atoms with Crippen LogP contribution in [-0.2, 0) is 4.74 Å². The van der Waals surface area contributed by atoms with Crippen LogP contribution in [0.5, 0.6) is 0 Å². The monoisotopic (exact) mass is 283 g/mol. The van der Waals surface area contributed by atoms with Gasteiger partial charge < -0.3 is 4.74 Å². The minimum absolute atomic E-state index is 0.131. The molecule has 0 unspecified atom stereocenters. The predicted octanol–water partition coefficient (Wildman–Crippen LogP) is 2.92. The van der Waals surface area contributed by atoms with Gasteiger partial charge in [0, 0.05) is 0 Å². The molecule has 110 valence electrons. The van der Waals surface area contributed by atoms with E-state index in [2.05, 4.69) is 4.74 Å². The number of alkyl halides is 2. The van der Waals surface area contributed by atoms with Gasteiger partial charge in [-0.2, -0.15) is 0 Å². The molecule has 3 nitrogen and oxygen atoms in total. The van der Waals surface area contributed by atoms with Crippen LogP contribution in [-0.4, -0.2) is 44.0 Å². The van der Waals surface area contributed by atoms with E-state index in [4.69, 9.17) is 0 Å². The first-order chi connectivity index (χ1) is 9.60. The van der Waals surface area contributed by atoms with Gasteiger partial charge in [0.1, 0.15) is 0 Å². The molecule has 1 aliphatic rings. The highest BCUT2D eigenvalue weighted by atomic mass is 19.3. The molecule has 1 aromatic carbocycles. The quantitative estimate of drug-likeness (QED) is 0.796. The molecule has 5 heteroatoms. The molecule has 1 heterocycles. The number of piperidine rings is 1. The third-order valence-electron chi connectivity index (χ3n) is 3.79. The zero-order valence-electron chi connectivity index (χ0n) is 11.5. The first-order valence-corrected chi connectivity index (χ1v) is 6.79. The Hall–Kier alpha value is -1.49. The van der Waals surface area contributed by atoms with Crippen LogP contribution in [0.3, 0.4) is 0 Å². The topological polar surface area (TPSA) is 29.5 Å². The molecule has 0 aromatic heterocycles. The van der Waals surface area contributed by atoms with Gasteiger partial charge in [0.25, 0.3) is 6.43 Å². The Morgan fingerprint density at radius 3 is 2.40 bits per heavy atom. The zero-order chi connectivity index (χ0) is 14.5. The van der Waals surface area contributed by atoms with Crippen molar-refractivity contribution in [2.45, 2.75) is 25.2 Å². The second-order valence-electron chi connectivity index (χ2n) is 5.08. The van der Waals surface area contributed by atoms with Gasteiger partial charge >= 0.3 is 5.97 Å². The Morgan fingerprint density at radius 1 is 1.30 bits per heavy atom. The van der Waals surface area contributed by atoms with Crippen LogP contribution in [0.2, 0.25) is 0 Å². The molecule has 0 saturated carbocycles. The number of nitrogens with zero attached hydrogens (tertiary/aromatic N) is 1. The largest absolute Gasteiger partial charge is 0.465 e. The minimum atomic E-state index is -2.26. The van der Waals surface area contributed by atoms with Crippen LogP contribution in [0.4, 0.5) is 8.78 Å². The smallest absolute Gasteiger partial charge is 0.337 e. The van der Waals surface area contributed by atoms with E-state index in [9.17, 15) is 13.6 Å². The fourth-order valence-electron chi connectivity index (χ4n) is 2.65. The van der Waals surface area contributed by atoms with Gasteiger partial charge in [-0.1, -0.05) is 12.1 Å². The maximum Gasteiger partial charge on any atom is 0.337 e. The summed E-state index contributed by atoms with van der Waals surface area (Å²) >= 11 is 0. The number of methoxy groups -OCH3 is 1. The lowest BCUT2D eigenvalue weighted by molar-refractivity contribution is 0.0600. The van der Waals surface area contributed by atoms with E-state index >= 15 is 0 Å². The van der Waals surface area contributed by atoms with E-state index in [1.807, 2.05) is 17.0 Å². The maximum atomic E-state index is 12.3. The zero-order valence-corrected chi connectivity index (χ0v) is 11.5. The van der Waals surface area contributed by atoms with Crippen LogP contribution in [0.15, 0.2) is 24.3 Å². The summed E-state index contributed by atoms with van der Waals surface area (Å²) in [7, 11) is 1.36. The van der Waals surface area contributed by atoms with E-state index < -0.39 is 6.43 Å². The summed E-state index contributed by atoms with van der Waals surface area (Å²) in [6.07, 6.45) is -0.500. The summed E-state index contributed by atoms with van der Waals surface area (Å²) in [5.41, 5.74) is 1.70. The summed E-state index contributed by atoms with van der Waals surface area (Å²) < 4.78 is 29.3. The number of hydrogen-bond acceptors (Lipinski definition) is 3. The second-order valence-corrected chi connectivity index (χ2v) is 5.08. The molecule has 0 bridgehead atoms. The maximum absolute atomic E-state index is 12.3. The Labute approximate surface area is 117 Å².